The topological polar surface area (TPSA) is 110 Å². The zero-order chi connectivity index (χ0) is 13.9. The highest BCUT2D eigenvalue weighted by Crippen LogP contribution is 2.30. The van der Waals surface area contributed by atoms with Crippen molar-refractivity contribution in [2.24, 2.45) is 0 Å². The molecule has 2 N–H and O–H groups in total. The molecule has 0 fully saturated rings. The van der Waals surface area contributed by atoms with Crippen LogP contribution in [-0.2, 0) is 9.59 Å². The van der Waals surface area contributed by atoms with E-state index in [9.17, 15) is 19.7 Å². The number of nitrogens with one attached hydrogen (secondary N) is 1. The zero-order valence-electron chi connectivity index (χ0n) is 9.27. The van der Waals surface area contributed by atoms with Gasteiger partial charge in [-0.25, -0.2) is 0 Å². The Kier molecular flexibility index (Phi) is 4.38. The van der Waals surface area contributed by atoms with Crippen molar-refractivity contribution in [3.05, 3.63) is 32.3 Å². The standard InChI is InChI=1S/C10H9BrN2O5/c1-5-2-6(11)7(3-8(5)13(17)18)12-9(14)4-10(15)16/h2-3H,4H2,1H3,(H,12,14)(H,15,16). The average molecular weight is 317 g/mol. The van der Waals surface area contributed by atoms with Crippen LogP contribution in [0.3, 0.4) is 0 Å². The summed E-state index contributed by atoms with van der Waals surface area (Å²) in [4.78, 5) is 31.7. The third-order valence-electron chi connectivity index (χ3n) is 2.07. The Hall–Kier alpha value is -1.96. The van der Waals surface area contributed by atoms with Gasteiger partial charge in [0.15, 0.2) is 0 Å². The Labute approximate surface area is 110 Å². The Morgan fingerprint density at radius 3 is 2.61 bits per heavy atom. The highest BCUT2D eigenvalue weighted by molar-refractivity contribution is 9.10. The van der Waals surface area contributed by atoms with Gasteiger partial charge >= 0.3 is 5.97 Å². The van der Waals surface area contributed by atoms with Gasteiger partial charge in [0.2, 0.25) is 5.91 Å². The lowest BCUT2D eigenvalue weighted by Crippen LogP contribution is -2.16. The maximum atomic E-state index is 11.3. The Balaban J connectivity index is 3.02. The van der Waals surface area contributed by atoms with Crippen LogP contribution >= 0.6 is 15.9 Å². The van der Waals surface area contributed by atoms with Crippen LogP contribution in [0.25, 0.3) is 0 Å². The minimum Gasteiger partial charge on any atom is -0.481 e. The van der Waals surface area contributed by atoms with E-state index < -0.39 is 23.2 Å². The highest BCUT2D eigenvalue weighted by atomic mass is 79.9. The molecule has 1 aromatic carbocycles. The molecule has 0 aromatic heterocycles. The molecular weight excluding hydrogens is 308 g/mol. The van der Waals surface area contributed by atoms with Crippen molar-refractivity contribution >= 4 is 39.2 Å². The number of benzene rings is 1. The molecule has 0 aliphatic carbocycles. The molecule has 0 unspecified atom stereocenters. The summed E-state index contributed by atoms with van der Waals surface area (Å²) in [6, 6.07) is 2.66. The lowest BCUT2D eigenvalue weighted by molar-refractivity contribution is -0.385. The van der Waals surface area contributed by atoms with Crippen molar-refractivity contribution in [2.75, 3.05) is 5.32 Å². The van der Waals surface area contributed by atoms with E-state index in [-0.39, 0.29) is 11.4 Å². The average Bonchev–Trinajstić information content (AvgIpc) is 2.20. The minimum absolute atomic E-state index is 0.149. The van der Waals surface area contributed by atoms with Crippen molar-refractivity contribution in [2.45, 2.75) is 13.3 Å². The van der Waals surface area contributed by atoms with Crippen molar-refractivity contribution < 1.29 is 19.6 Å². The molecule has 0 saturated heterocycles. The van der Waals surface area contributed by atoms with E-state index in [0.717, 1.165) is 0 Å². The second-order valence-electron chi connectivity index (χ2n) is 3.49. The first-order valence-electron chi connectivity index (χ1n) is 4.77. The van der Waals surface area contributed by atoms with Crippen LogP contribution in [0.15, 0.2) is 16.6 Å². The molecule has 1 aromatic rings. The van der Waals surface area contributed by atoms with E-state index in [1.807, 2.05) is 0 Å². The molecule has 1 amide bonds. The number of nitrogens with zero attached hydrogens (tertiary/aromatic N) is 1. The number of carbonyl (C=O) groups excluding carboxylic acids is 1. The molecule has 8 heteroatoms. The number of aliphatic carboxylic acids is 1. The summed E-state index contributed by atoms with van der Waals surface area (Å²) in [5, 5.41) is 21.5. The molecule has 0 aliphatic heterocycles. The monoisotopic (exact) mass is 316 g/mol. The zero-order valence-corrected chi connectivity index (χ0v) is 10.9. The number of nitro groups is 1. The number of carbonyl (C=O) groups is 2. The van der Waals surface area contributed by atoms with Gasteiger partial charge < -0.3 is 10.4 Å². The number of anilines is 1. The smallest absolute Gasteiger partial charge is 0.312 e. The van der Waals surface area contributed by atoms with Crippen LogP contribution in [0.1, 0.15) is 12.0 Å². The van der Waals surface area contributed by atoms with Crippen molar-refractivity contribution in [1.29, 1.82) is 0 Å². The normalized spacial score (nSPS) is 9.89. The van der Waals surface area contributed by atoms with Crippen LogP contribution in [-0.4, -0.2) is 21.9 Å². The summed E-state index contributed by atoms with van der Waals surface area (Å²) in [6.45, 7) is 1.56. The van der Waals surface area contributed by atoms with Crippen LogP contribution in [0.4, 0.5) is 11.4 Å². The van der Waals surface area contributed by atoms with Crippen molar-refractivity contribution in [1.82, 2.24) is 0 Å². The number of rotatable bonds is 4. The summed E-state index contributed by atoms with van der Waals surface area (Å²) < 4.78 is 0.448. The second kappa shape index (κ2) is 5.58. The fourth-order valence-electron chi connectivity index (χ4n) is 1.29. The molecule has 0 bridgehead atoms. The molecule has 18 heavy (non-hydrogen) atoms. The first kappa shape index (κ1) is 14.1. The lowest BCUT2D eigenvalue weighted by Gasteiger charge is -2.07. The number of carboxylic acids is 1. The Morgan fingerprint density at radius 2 is 2.11 bits per heavy atom. The summed E-state index contributed by atoms with van der Waals surface area (Å²) in [5.74, 6) is -2.02. The largest absolute Gasteiger partial charge is 0.481 e. The molecule has 1 rings (SSSR count). The van der Waals surface area contributed by atoms with Gasteiger partial charge in [-0.15, -0.1) is 0 Å². The van der Waals surface area contributed by atoms with Crippen LogP contribution in [0, 0.1) is 17.0 Å². The fraction of sp³-hybridized carbons (Fsp3) is 0.200. The van der Waals surface area contributed by atoms with E-state index in [0.29, 0.717) is 10.0 Å². The Bertz CT molecular complexity index is 529. The maximum absolute atomic E-state index is 11.3. The molecule has 0 atom stereocenters. The number of hydrogen-bond acceptors (Lipinski definition) is 4. The molecule has 0 heterocycles. The van der Waals surface area contributed by atoms with Gasteiger partial charge in [-0.3, -0.25) is 19.7 Å². The van der Waals surface area contributed by atoms with Gasteiger partial charge in [0.1, 0.15) is 6.42 Å². The lowest BCUT2D eigenvalue weighted by atomic mass is 10.2. The number of amides is 1. The molecule has 0 spiro atoms. The van der Waals surface area contributed by atoms with E-state index in [2.05, 4.69) is 21.2 Å². The van der Waals surface area contributed by atoms with Crippen LogP contribution in [0.5, 0.6) is 0 Å². The number of aryl methyl sites for hydroxylation is 1. The van der Waals surface area contributed by atoms with Gasteiger partial charge in [-0.2, -0.15) is 0 Å². The summed E-state index contributed by atoms with van der Waals surface area (Å²) in [5.41, 5.74) is 0.450. The van der Waals surface area contributed by atoms with E-state index >= 15 is 0 Å². The number of carboxylic acid groups (broad SMARTS) is 1. The van der Waals surface area contributed by atoms with E-state index in [1.165, 1.54) is 12.1 Å². The molecule has 0 aliphatic rings. The fourth-order valence-corrected chi connectivity index (χ4v) is 1.84. The van der Waals surface area contributed by atoms with E-state index in [1.54, 1.807) is 6.92 Å². The van der Waals surface area contributed by atoms with Crippen molar-refractivity contribution in [3.63, 3.8) is 0 Å². The van der Waals surface area contributed by atoms with Crippen LogP contribution in [0.2, 0.25) is 0 Å². The van der Waals surface area contributed by atoms with Gasteiger partial charge in [-0.1, -0.05) is 0 Å². The predicted octanol–water partition coefficient (Wildman–Crippen LogP) is 2.08. The summed E-state index contributed by atoms with van der Waals surface area (Å²) in [6.07, 6.45) is -0.700. The van der Waals surface area contributed by atoms with E-state index in [4.69, 9.17) is 5.11 Å². The summed E-state index contributed by atoms with van der Waals surface area (Å²) >= 11 is 3.14. The molecule has 96 valence electrons. The predicted molar refractivity (Wildman–Crippen MR) is 66.4 cm³/mol. The first-order chi connectivity index (χ1) is 8.31. The van der Waals surface area contributed by atoms with Gasteiger partial charge in [0.05, 0.1) is 10.6 Å². The van der Waals surface area contributed by atoms with Gasteiger partial charge in [0, 0.05) is 16.1 Å². The third-order valence-corrected chi connectivity index (χ3v) is 2.72. The molecule has 0 saturated carbocycles. The third kappa shape index (κ3) is 3.52. The molecular formula is C10H9BrN2O5. The quantitative estimate of drug-likeness (QED) is 0.502. The van der Waals surface area contributed by atoms with Crippen LogP contribution < -0.4 is 5.32 Å². The van der Waals surface area contributed by atoms with Gasteiger partial charge in [-0.05, 0) is 28.9 Å². The van der Waals surface area contributed by atoms with Gasteiger partial charge in [0.25, 0.3) is 5.69 Å². The highest BCUT2D eigenvalue weighted by Gasteiger charge is 2.16. The number of hydrogen-bond donors (Lipinski definition) is 2. The second-order valence-corrected chi connectivity index (χ2v) is 4.35. The number of nitro benzene ring substituents is 1. The Morgan fingerprint density at radius 1 is 1.50 bits per heavy atom. The molecule has 7 nitrogen and oxygen atoms in total. The molecule has 0 radical (unpaired) electrons. The number of halogens is 1. The SMILES string of the molecule is Cc1cc(Br)c(NC(=O)CC(=O)O)cc1[N+](=O)[O-]. The van der Waals surface area contributed by atoms with Crippen molar-refractivity contribution in [3.8, 4) is 0 Å². The minimum atomic E-state index is -1.27. The first-order valence-corrected chi connectivity index (χ1v) is 5.56. The summed E-state index contributed by atoms with van der Waals surface area (Å²) in [7, 11) is 0. The maximum Gasteiger partial charge on any atom is 0.312 e.